The van der Waals surface area contributed by atoms with Gasteiger partial charge in [-0.2, -0.15) is 0 Å². The summed E-state index contributed by atoms with van der Waals surface area (Å²) in [5.41, 5.74) is 5.55. The Kier molecular flexibility index (Phi) is 5.71. The first-order valence-corrected chi connectivity index (χ1v) is 11.2. The van der Waals surface area contributed by atoms with Crippen LogP contribution in [-0.2, 0) is 6.54 Å². The second-order valence-corrected chi connectivity index (χ2v) is 8.36. The molecular formula is C25H29N5O. The first-order valence-electron chi connectivity index (χ1n) is 11.2. The van der Waals surface area contributed by atoms with Crippen molar-refractivity contribution in [3.63, 3.8) is 0 Å². The normalized spacial score (nSPS) is 15.3. The van der Waals surface area contributed by atoms with E-state index in [1.54, 1.807) is 6.33 Å². The average molecular weight is 416 g/mol. The Morgan fingerprint density at radius 1 is 1.13 bits per heavy atom. The van der Waals surface area contributed by atoms with Crippen molar-refractivity contribution < 1.29 is 4.74 Å². The van der Waals surface area contributed by atoms with Crippen molar-refractivity contribution in [2.24, 2.45) is 0 Å². The maximum atomic E-state index is 6.39. The van der Waals surface area contributed by atoms with Gasteiger partial charge in [-0.25, -0.2) is 9.97 Å². The van der Waals surface area contributed by atoms with Crippen molar-refractivity contribution in [1.82, 2.24) is 15.3 Å². The van der Waals surface area contributed by atoms with Gasteiger partial charge < -0.3 is 20.3 Å². The summed E-state index contributed by atoms with van der Waals surface area (Å²) in [7, 11) is 0. The molecule has 0 bridgehead atoms. The Labute approximate surface area is 183 Å². The van der Waals surface area contributed by atoms with Gasteiger partial charge >= 0.3 is 0 Å². The van der Waals surface area contributed by atoms with E-state index in [1.165, 1.54) is 18.4 Å². The lowest BCUT2D eigenvalue weighted by Crippen LogP contribution is -2.32. The van der Waals surface area contributed by atoms with Gasteiger partial charge in [0.2, 0.25) is 0 Å². The van der Waals surface area contributed by atoms with E-state index in [0.717, 1.165) is 66.7 Å². The van der Waals surface area contributed by atoms with Crippen LogP contribution in [0.4, 0.5) is 22.9 Å². The smallest absolute Gasteiger partial charge is 0.160 e. The third-order valence-electron chi connectivity index (χ3n) is 6.08. The Morgan fingerprint density at radius 2 is 1.97 bits per heavy atom. The number of hydrogen-bond acceptors (Lipinski definition) is 6. The van der Waals surface area contributed by atoms with Gasteiger partial charge in [0.25, 0.3) is 0 Å². The monoisotopic (exact) mass is 415 g/mol. The molecule has 0 spiro atoms. The molecule has 1 aromatic heterocycles. The molecule has 2 aliphatic rings. The van der Waals surface area contributed by atoms with Crippen LogP contribution >= 0.6 is 0 Å². The Morgan fingerprint density at radius 3 is 2.81 bits per heavy atom. The zero-order valence-corrected chi connectivity index (χ0v) is 18.0. The quantitative estimate of drug-likeness (QED) is 0.524. The van der Waals surface area contributed by atoms with Crippen LogP contribution in [0.25, 0.3) is 0 Å². The lowest BCUT2D eigenvalue weighted by molar-refractivity contribution is 0.208. The SMILES string of the molecule is Cc1cc2c(cc1OC1CCCC1)N(CCNCc1ccccc1)c1ncncc1N2. The number of hydrogen-bond donors (Lipinski definition) is 2. The molecule has 160 valence electrons. The van der Waals surface area contributed by atoms with Gasteiger partial charge in [0.15, 0.2) is 5.82 Å². The molecule has 1 fully saturated rings. The van der Waals surface area contributed by atoms with Crippen LogP contribution in [0.2, 0.25) is 0 Å². The first-order chi connectivity index (χ1) is 15.3. The molecule has 0 atom stereocenters. The Balaban J connectivity index is 1.37. The molecule has 6 heteroatoms. The molecule has 0 saturated heterocycles. The lowest BCUT2D eigenvalue weighted by atomic mass is 10.1. The van der Waals surface area contributed by atoms with Crippen LogP contribution in [0.1, 0.15) is 36.8 Å². The van der Waals surface area contributed by atoms with Gasteiger partial charge in [-0.05, 0) is 49.8 Å². The second-order valence-electron chi connectivity index (χ2n) is 8.36. The van der Waals surface area contributed by atoms with Gasteiger partial charge in [0.1, 0.15) is 17.8 Å². The van der Waals surface area contributed by atoms with Crippen LogP contribution in [0.15, 0.2) is 55.0 Å². The molecule has 5 rings (SSSR count). The average Bonchev–Trinajstić information content (AvgIpc) is 3.31. The molecule has 2 aromatic carbocycles. The van der Waals surface area contributed by atoms with Gasteiger partial charge in [-0.15, -0.1) is 0 Å². The largest absolute Gasteiger partial charge is 0.490 e. The summed E-state index contributed by atoms with van der Waals surface area (Å²) in [6.45, 7) is 4.61. The fourth-order valence-electron chi connectivity index (χ4n) is 4.44. The van der Waals surface area contributed by atoms with Crippen molar-refractivity contribution >= 4 is 22.9 Å². The zero-order chi connectivity index (χ0) is 21.0. The summed E-state index contributed by atoms with van der Waals surface area (Å²) in [6.07, 6.45) is 8.62. The molecular weight excluding hydrogens is 386 g/mol. The minimum atomic E-state index is 0.337. The van der Waals surface area contributed by atoms with Crippen molar-refractivity contribution in [2.45, 2.75) is 45.3 Å². The highest BCUT2D eigenvalue weighted by Crippen LogP contribution is 2.44. The van der Waals surface area contributed by atoms with E-state index < -0.39 is 0 Å². The molecule has 3 aromatic rings. The van der Waals surface area contributed by atoms with Crippen LogP contribution in [0, 0.1) is 6.92 Å². The summed E-state index contributed by atoms with van der Waals surface area (Å²) >= 11 is 0. The summed E-state index contributed by atoms with van der Waals surface area (Å²) in [4.78, 5) is 11.1. The van der Waals surface area contributed by atoms with Crippen molar-refractivity contribution in [1.29, 1.82) is 0 Å². The number of aryl methyl sites for hydroxylation is 1. The number of rotatable bonds is 7. The lowest BCUT2D eigenvalue weighted by Gasteiger charge is -2.33. The highest BCUT2D eigenvalue weighted by Gasteiger charge is 2.26. The third-order valence-corrected chi connectivity index (χ3v) is 6.08. The molecule has 0 amide bonds. The number of benzene rings is 2. The number of ether oxygens (including phenoxy) is 1. The Bertz CT molecular complexity index is 1030. The van der Waals surface area contributed by atoms with Crippen LogP contribution in [0.5, 0.6) is 5.75 Å². The number of nitrogens with one attached hydrogen (secondary N) is 2. The van der Waals surface area contributed by atoms with E-state index >= 15 is 0 Å². The summed E-state index contributed by atoms with van der Waals surface area (Å²) in [6, 6.07) is 14.8. The molecule has 1 aliphatic heterocycles. The second kappa shape index (κ2) is 8.94. The minimum absolute atomic E-state index is 0.337. The predicted octanol–water partition coefficient (Wildman–Crippen LogP) is 5.09. The maximum absolute atomic E-state index is 6.39. The van der Waals surface area contributed by atoms with E-state index in [9.17, 15) is 0 Å². The van der Waals surface area contributed by atoms with E-state index in [4.69, 9.17) is 4.74 Å². The summed E-state index contributed by atoms with van der Waals surface area (Å²) in [5, 5.41) is 7.06. The van der Waals surface area contributed by atoms with E-state index in [2.05, 4.69) is 68.8 Å². The van der Waals surface area contributed by atoms with Gasteiger partial charge in [-0.1, -0.05) is 30.3 Å². The van der Waals surface area contributed by atoms with Gasteiger partial charge in [-0.3, -0.25) is 0 Å². The van der Waals surface area contributed by atoms with Crippen molar-refractivity contribution in [3.8, 4) is 5.75 Å². The van der Waals surface area contributed by atoms with E-state index in [0.29, 0.717) is 6.10 Å². The maximum Gasteiger partial charge on any atom is 0.160 e. The van der Waals surface area contributed by atoms with E-state index in [1.807, 2.05) is 12.3 Å². The van der Waals surface area contributed by atoms with Crippen LogP contribution < -0.4 is 20.3 Å². The molecule has 1 aliphatic carbocycles. The standard InChI is InChI=1S/C25H29N5O/c1-18-13-21-23(14-24(18)31-20-9-5-6-10-20)30(25-22(29-21)16-27-17-28-25)12-11-26-15-19-7-3-2-4-8-19/h2-4,7-8,13-14,16-17,20,26,29H,5-6,9-12,15H2,1H3. The Hall–Kier alpha value is -3.12. The van der Waals surface area contributed by atoms with Crippen molar-refractivity contribution in [2.75, 3.05) is 23.3 Å². The molecule has 31 heavy (non-hydrogen) atoms. The molecule has 2 heterocycles. The van der Waals surface area contributed by atoms with Crippen molar-refractivity contribution in [3.05, 3.63) is 66.1 Å². The van der Waals surface area contributed by atoms with E-state index in [-0.39, 0.29) is 0 Å². The zero-order valence-electron chi connectivity index (χ0n) is 18.0. The minimum Gasteiger partial charge on any atom is -0.490 e. The highest BCUT2D eigenvalue weighted by atomic mass is 16.5. The van der Waals surface area contributed by atoms with Gasteiger partial charge in [0.05, 0.1) is 23.7 Å². The topological polar surface area (TPSA) is 62.3 Å². The summed E-state index contributed by atoms with van der Waals surface area (Å²) in [5.74, 6) is 1.88. The predicted molar refractivity (Wildman–Crippen MR) is 125 cm³/mol. The first kappa shape index (κ1) is 19.8. The molecule has 0 radical (unpaired) electrons. The molecule has 2 N–H and O–H groups in total. The van der Waals surface area contributed by atoms with Crippen LogP contribution in [-0.4, -0.2) is 29.2 Å². The number of aromatic nitrogens is 2. The number of fused-ring (bicyclic) bond motifs is 2. The number of nitrogens with zero attached hydrogens (tertiary/aromatic N) is 3. The molecule has 1 saturated carbocycles. The van der Waals surface area contributed by atoms with Gasteiger partial charge in [0, 0.05) is 25.7 Å². The fraction of sp³-hybridized carbons (Fsp3) is 0.360. The third kappa shape index (κ3) is 4.35. The highest BCUT2D eigenvalue weighted by molar-refractivity contribution is 5.90. The molecule has 6 nitrogen and oxygen atoms in total. The van der Waals surface area contributed by atoms with Crippen LogP contribution in [0.3, 0.4) is 0 Å². The molecule has 0 unspecified atom stereocenters. The fourth-order valence-corrected chi connectivity index (χ4v) is 4.44. The summed E-state index contributed by atoms with van der Waals surface area (Å²) < 4.78 is 6.39. The number of anilines is 4.